The Balaban J connectivity index is 1.98. The van der Waals surface area contributed by atoms with Crippen LogP contribution in [0.25, 0.3) is 28.1 Å². The second-order valence-corrected chi connectivity index (χ2v) is 7.23. The van der Waals surface area contributed by atoms with Crippen LogP contribution in [0.15, 0.2) is 76.2 Å². The van der Waals surface area contributed by atoms with Gasteiger partial charge in [0.1, 0.15) is 0 Å². The predicted octanol–water partition coefficient (Wildman–Crippen LogP) is 5.81. The molecule has 0 aliphatic rings. The number of halogens is 1. The predicted molar refractivity (Wildman–Crippen MR) is 113 cm³/mol. The maximum absolute atomic E-state index is 12.9. The normalized spacial score (nSPS) is 11.3. The van der Waals surface area contributed by atoms with E-state index in [-0.39, 0.29) is 11.3 Å². The van der Waals surface area contributed by atoms with Crippen molar-refractivity contribution in [1.82, 2.24) is 4.98 Å². The van der Waals surface area contributed by atoms with Crippen LogP contribution in [-0.4, -0.2) is 10.8 Å². The van der Waals surface area contributed by atoms with E-state index in [0.29, 0.717) is 16.1 Å². The van der Waals surface area contributed by atoms with Gasteiger partial charge in [-0.2, -0.15) is 11.3 Å². The van der Waals surface area contributed by atoms with Crippen LogP contribution in [0, 0.1) is 0 Å². The van der Waals surface area contributed by atoms with Crippen LogP contribution >= 0.6 is 22.9 Å². The summed E-state index contributed by atoms with van der Waals surface area (Å²) in [5.74, 6) is -0.344. The highest BCUT2D eigenvalue weighted by Gasteiger charge is 2.19. The average molecular weight is 392 g/mol. The summed E-state index contributed by atoms with van der Waals surface area (Å²) in [5.41, 5.74) is 2.66. The summed E-state index contributed by atoms with van der Waals surface area (Å²) in [6.45, 7) is 0. The number of aromatic nitrogens is 1. The highest BCUT2D eigenvalue weighted by Crippen LogP contribution is 2.31. The van der Waals surface area contributed by atoms with E-state index in [4.69, 9.17) is 11.6 Å². The van der Waals surface area contributed by atoms with Gasteiger partial charge in [0, 0.05) is 21.5 Å². The Morgan fingerprint density at radius 2 is 1.89 bits per heavy atom. The van der Waals surface area contributed by atoms with E-state index in [1.807, 2.05) is 47.2 Å². The molecule has 1 N–H and O–H groups in total. The lowest BCUT2D eigenvalue weighted by atomic mass is 9.94. The fraction of sp³-hybridized carbons (Fsp3) is 0. The van der Waals surface area contributed by atoms with Gasteiger partial charge in [0.05, 0.1) is 5.56 Å². The van der Waals surface area contributed by atoms with E-state index in [1.54, 1.807) is 35.6 Å². The van der Waals surface area contributed by atoms with Crippen LogP contribution in [0.4, 0.5) is 0 Å². The molecule has 5 heteroatoms. The zero-order valence-corrected chi connectivity index (χ0v) is 15.7. The highest BCUT2D eigenvalue weighted by atomic mass is 35.5. The van der Waals surface area contributed by atoms with E-state index in [1.165, 1.54) is 6.08 Å². The summed E-state index contributed by atoms with van der Waals surface area (Å²) in [6.07, 6.45) is 3.16. The topological polar surface area (TPSA) is 49.9 Å². The summed E-state index contributed by atoms with van der Waals surface area (Å²) in [5, 5.41) is 5.15. The SMILES string of the molecule is O=C(/C=C/c1ccsc1)c1c(-c2ccccc2)c2cc(Cl)ccc2[nH]c1=O. The molecule has 0 saturated heterocycles. The van der Waals surface area contributed by atoms with Crippen molar-refractivity contribution in [3.05, 3.63) is 97.9 Å². The van der Waals surface area contributed by atoms with E-state index in [9.17, 15) is 9.59 Å². The number of rotatable bonds is 4. The van der Waals surface area contributed by atoms with E-state index >= 15 is 0 Å². The van der Waals surface area contributed by atoms with Crippen molar-refractivity contribution in [2.75, 3.05) is 0 Å². The zero-order chi connectivity index (χ0) is 18.8. The maximum atomic E-state index is 12.9. The zero-order valence-electron chi connectivity index (χ0n) is 14.1. The number of benzene rings is 2. The molecule has 4 rings (SSSR count). The third kappa shape index (κ3) is 3.50. The Hall–Kier alpha value is -2.95. The third-order valence-corrected chi connectivity index (χ3v) is 5.19. The Morgan fingerprint density at radius 3 is 2.63 bits per heavy atom. The van der Waals surface area contributed by atoms with Gasteiger partial charge in [-0.05, 0) is 52.2 Å². The molecule has 0 atom stereocenters. The maximum Gasteiger partial charge on any atom is 0.260 e. The number of carbonyl (C=O) groups is 1. The lowest BCUT2D eigenvalue weighted by Gasteiger charge is -2.11. The average Bonchev–Trinajstić information content (AvgIpc) is 3.20. The highest BCUT2D eigenvalue weighted by molar-refractivity contribution is 7.08. The van der Waals surface area contributed by atoms with Crippen molar-refractivity contribution in [2.45, 2.75) is 0 Å². The summed E-state index contributed by atoms with van der Waals surface area (Å²) in [6, 6.07) is 16.6. The number of H-pyrrole nitrogens is 1. The van der Waals surface area contributed by atoms with Gasteiger partial charge in [-0.15, -0.1) is 0 Å². The van der Waals surface area contributed by atoms with Crippen LogP contribution < -0.4 is 5.56 Å². The number of fused-ring (bicyclic) bond motifs is 1. The van der Waals surface area contributed by atoms with Crippen LogP contribution in [0.2, 0.25) is 5.02 Å². The molecule has 4 aromatic rings. The Bertz CT molecular complexity index is 1210. The van der Waals surface area contributed by atoms with Crippen LogP contribution in [0.5, 0.6) is 0 Å². The second-order valence-electron chi connectivity index (χ2n) is 6.01. The minimum Gasteiger partial charge on any atom is -0.321 e. The number of thiophene rings is 1. The number of carbonyl (C=O) groups excluding carboxylic acids is 1. The van der Waals surface area contributed by atoms with Gasteiger partial charge < -0.3 is 4.98 Å². The molecule has 0 fully saturated rings. The molecule has 2 aromatic heterocycles. The van der Waals surface area contributed by atoms with Crippen molar-refractivity contribution in [2.24, 2.45) is 0 Å². The van der Waals surface area contributed by atoms with Gasteiger partial charge in [-0.25, -0.2) is 0 Å². The summed E-state index contributed by atoms with van der Waals surface area (Å²) in [7, 11) is 0. The van der Waals surface area contributed by atoms with Crippen LogP contribution in [-0.2, 0) is 0 Å². The first-order valence-electron chi connectivity index (χ1n) is 8.29. The fourth-order valence-electron chi connectivity index (χ4n) is 3.03. The minimum atomic E-state index is -0.413. The van der Waals surface area contributed by atoms with E-state index in [0.717, 1.165) is 16.5 Å². The minimum absolute atomic E-state index is 0.113. The van der Waals surface area contributed by atoms with E-state index < -0.39 is 5.56 Å². The molecule has 132 valence electrons. The second kappa shape index (κ2) is 7.35. The standard InChI is InChI=1S/C22H14ClNO2S/c23-16-7-8-18-17(12-16)20(15-4-2-1-3-5-15)21(22(26)24-18)19(25)9-6-14-10-11-27-13-14/h1-13H,(H,24,26)/b9-6+. The molecule has 3 nitrogen and oxygen atoms in total. The number of ketones is 1. The van der Waals surface area contributed by atoms with Crippen molar-refractivity contribution >= 4 is 45.7 Å². The molecule has 0 unspecified atom stereocenters. The van der Waals surface area contributed by atoms with Crippen molar-refractivity contribution < 1.29 is 4.79 Å². The molecule has 0 bridgehead atoms. The number of aromatic amines is 1. The summed E-state index contributed by atoms with van der Waals surface area (Å²) < 4.78 is 0. The first-order chi connectivity index (χ1) is 13.1. The number of hydrogen-bond acceptors (Lipinski definition) is 3. The Morgan fingerprint density at radius 1 is 1.07 bits per heavy atom. The van der Waals surface area contributed by atoms with Gasteiger partial charge in [-0.3, -0.25) is 9.59 Å². The number of allylic oxidation sites excluding steroid dienone is 1. The van der Waals surface area contributed by atoms with Crippen LogP contribution in [0.1, 0.15) is 15.9 Å². The summed E-state index contributed by atoms with van der Waals surface area (Å²) >= 11 is 7.74. The van der Waals surface area contributed by atoms with Crippen molar-refractivity contribution in [3.63, 3.8) is 0 Å². The molecular weight excluding hydrogens is 378 g/mol. The number of nitrogens with one attached hydrogen (secondary N) is 1. The lowest BCUT2D eigenvalue weighted by Crippen LogP contribution is -2.18. The van der Waals surface area contributed by atoms with Crippen LogP contribution in [0.3, 0.4) is 0 Å². The molecule has 27 heavy (non-hydrogen) atoms. The quantitative estimate of drug-likeness (QED) is 0.352. The monoisotopic (exact) mass is 391 g/mol. The third-order valence-electron chi connectivity index (χ3n) is 4.26. The molecule has 0 spiro atoms. The fourth-order valence-corrected chi connectivity index (χ4v) is 3.83. The summed E-state index contributed by atoms with van der Waals surface area (Å²) in [4.78, 5) is 28.5. The van der Waals surface area contributed by atoms with Gasteiger partial charge in [0.15, 0.2) is 5.78 Å². The van der Waals surface area contributed by atoms with Crippen molar-refractivity contribution in [3.8, 4) is 11.1 Å². The molecule has 0 radical (unpaired) electrons. The van der Waals surface area contributed by atoms with Crippen molar-refractivity contribution in [1.29, 1.82) is 0 Å². The lowest BCUT2D eigenvalue weighted by molar-refractivity contribution is 0.104. The van der Waals surface area contributed by atoms with Gasteiger partial charge in [0.2, 0.25) is 0 Å². The number of pyridine rings is 1. The molecule has 0 aliphatic carbocycles. The Labute approximate surface area is 164 Å². The molecular formula is C22H14ClNO2S. The van der Waals surface area contributed by atoms with E-state index in [2.05, 4.69) is 4.98 Å². The van der Waals surface area contributed by atoms with Gasteiger partial charge in [-0.1, -0.05) is 48.0 Å². The van der Waals surface area contributed by atoms with Gasteiger partial charge in [0.25, 0.3) is 5.56 Å². The van der Waals surface area contributed by atoms with Gasteiger partial charge >= 0.3 is 0 Å². The number of hydrogen-bond donors (Lipinski definition) is 1. The first kappa shape index (κ1) is 17.5. The molecule has 0 aliphatic heterocycles. The Kier molecular flexibility index (Phi) is 4.75. The molecule has 0 saturated carbocycles. The smallest absolute Gasteiger partial charge is 0.260 e. The largest absolute Gasteiger partial charge is 0.321 e. The molecule has 2 heterocycles. The first-order valence-corrected chi connectivity index (χ1v) is 9.61. The molecule has 0 amide bonds. The molecule has 2 aromatic carbocycles.